The van der Waals surface area contributed by atoms with Gasteiger partial charge in [-0.1, -0.05) is 40.2 Å². The highest BCUT2D eigenvalue weighted by Gasteiger charge is 2.11. The van der Waals surface area contributed by atoms with Crippen molar-refractivity contribution in [1.82, 2.24) is 5.32 Å². The van der Waals surface area contributed by atoms with Crippen LogP contribution in [0.15, 0.2) is 40.9 Å². The second-order valence-electron chi connectivity index (χ2n) is 3.62. The molecule has 0 fully saturated rings. The van der Waals surface area contributed by atoms with Crippen LogP contribution in [0.5, 0.6) is 0 Å². The number of hydrogen-bond acceptors (Lipinski definition) is 1. The second kappa shape index (κ2) is 4.76. The molecule has 0 amide bonds. The highest BCUT2D eigenvalue weighted by atomic mass is 79.9. The summed E-state index contributed by atoms with van der Waals surface area (Å²) in [6, 6.07) is 8.60. The van der Waals surface area contributed by atoms with E-state index in [9.17, 15) is 0 Å². The predicted octanol–water partition coefficient (Wildman–Crippen LogP) is 3.08. The number of halogens is 1. The van der Waals surface area contributed by atoms with E-state index < -0.39 is 0 Å². The smallest absolute Gasteiger partial charge is 0.0178 e. The molecule has 14 heavy (non-hydrogen) atoms. The standard InChI is InChI=1S/C12H14BrN/c13-12-6-3-5-10(8-12)11-4-1-2-7-14-9-11/h1-3,5-6,8,11,14H,4,7,9H2. The van der Waals surface area contributed by atoms with Crippen LogP contribution in [0.25, 0.3) is 0 Å². The fraction of sp³-hybridized carbons (Fsp3) is 0.333. The van der Waals surface area contributed by atoms with Gasteiger partial charge in [0.05, 0.1) is 0 Å². The summed E-state index contributed by atoms with van der Waals surface area (Å²) in [6.45, 7) is 2.08. The summed E-state index contributed by atoms with van der Waals surface area (Å²) in [6.07, 6.45) is 5.62. The molecule has 0 spiro atoms. The molecule has 0 radical (unpaired) electrons. The lowest BCUT2D eigenvalue weighted by Gasteiger charge is -2.14. The Morgan fingerprint density at radius 2 is 2.21 bits per heavy atom. The second-order valence-corrected chi connectivity index (χ2v) is 4.53. The Morgan fingerprint density at radius 1 is 1.29 bits per heavy atom. The maximum absolute atomic E-state index is 3.51. The van der Waals surface area contributed by atoms with E-state index in [2.05, 4.69) is 57.7 Å². The molecule has 0 aromatic heterocycles. The molecule has 1 aromatic carbocycles. The van der Waals surface area contributed by atoms with Crippen LogP contribution in [-0.4, -0.2) is 13.1 Å². The van der Waals surface area contributed by atoms with Crippen LogP contribution in [0.1, 0.15) is 17.9 Å². The van der Waals surface area contributed by atoms with Gasteiger partial charge in [-0.05, 0) is 30.0 Å². The molecule has 1 atom stereocenters. The zero-order valence-corrected chi connectivity index (χ0v) is 9.63. The number of allylic oxidation sites excluding steroid dienone is 1. The summed E-state index contributed by atoms with van der Waals surface area (Å²) in [5.41, 5.74) is 1.42. The zero-order chi connectivity index (χ0) is 9.80. The minimum absolute atomic E-state index is 0.617. The third kappa shape index (κ3) is 2.46. The normalized spacial score (nSPS) is 21.9. The van der Waals surface area contributed by atoms with E-state index in [-0.39, 0.29) is 0 Å². The van der Waals surface area contributed by atoms with E-state index in [0.29, 0.717) is 5.92 Å². The molecule has 1 aromatic rings. The molecule has 2 heteroatoms. The van der Waals surface area contributed by atoms with Gasteiger partial charge in [0.25, 0.3) is 0 Å². The van der Waals surface area contributed by atoms with E-state index in [1.54, 1.807) is 0 Å². The van der Waals surface area contributed by atoms with Crippen LogP contribution in [-0.2, 0) is 0 Å². The highest BCUT2D eigenvalue weighted by Crippen LogP contribution is 2.23. The van der Waals surface area contributed by atoms with Crippen LogP contribution in [0.4, 0.5) is 0 Å². The van der Waals surface area contributed by atoms with E-state index >= 15 is 0 Å². The Hall–Kier alpha value is -0.600. The lowest BCUT2D eigenvalue weighted by Crippen LogP contribution is -2.19. The van der Waals surface area contributed by atoms with Crippen molar-refractivity contribution in [1.29, 1.82) is 0 Å². The molecule has 1 aliphatic heterocycles. The lowest BCUT2D eigenvalue weighted by atomic mass is 9.96. The van der Waals surface area contributed by atoms with Crippen molar-refractivity contribution in [3.05, 3.63) is 46.5 Å². The maximum Gasteiger partial charge on any atom is 0.0178 e. The van der Waals surface area contributed by atoms with Crippen molar-refractivity contribution in [2.24, 2.45) is 0 Å². The quantitative estimate of drug-likeness (QED) is 0.757. The molecule has 0 saturated heterocycles. The first-order chi connectivity index (χ1) is 6.86. The van der Waals surface area contributed by atoms with Gasteiger partial charge in [0.2, 0.25) is 0 Å². The maximum atomic E-state index is 3.51. The Morgan fingerprint density at radius 3 is 3.07 bits per heavy atom. The van der Waals surface area contributed by atoms with Crippen molar-refractivity contribution < 1.29 is 0 Å². The molecule has 1 heterocycles. The van der Waals surface area contributed by atoms with Crippen LogP contribution < -0.4 is 5.32 Å². The Kier molecular flexibility index (Phi) is 3.38. The average molecular weight is 252 g/mol. The van der Waals surface area contributed by atoms with Gasteiger partial charge < -0.3 is 5.32 Å². The number of hydrogen-bond donors (Lipinski definition) is 1. The average Bonchev–Trinajstić information content (AvgIpc) is 2.45. The third-order valence-corrected chi connectivity index (χ3v) is 3.05. The highest BCUT2D eigenvalue weighted by molar-refractivity contribution is 9.10. The lowest BCUT2D eigenvalue weighted by molar-refractivity contribution is 0.632. The van der Waals surface area contributed by atoms with Gasteiger partial charge >= 0.3 is 0 Å². The number of benzene rings is 1. The predicted molar refractivity (Wildman–Crippen MR) is 63.5 cm³/mol. The molecule has 1 unspecified atom stereocenters. The minimum atomic E-state index is 0.617. The Bertz CT molecular complexity index is 333. The summed E-state index contributed by atoms with van der Waals surface area (Å²) in [5, 5.41) is 3.41. The molecule has 2 rings (SSSR count). The van der Waals surface area contributed by atoms with E-state index in [4.69, 9.17) is 0 Å². The van der Waals surface area contributed by atoms with Gasteiger partial charge in [-0.25, -0.2) is 0 Å². The van der Waals surface area contributed by atoms with Crippen LogP contribution in [0.3, 0.4) is 0 Å². The number of nitrogens with one attached hydrogen (secondary N) is 1. The van der Waals surface area contributed by atoms with Crippen LogP contribution in [0, 0.1) is 0 Å². The van der Waals surface area contributed by atoms with E-state index in [0.717, 1.165) is 19.5 Å². The molecule has 0 bridgehead atoms. The monoisotopic (exact) mass is 251 g/mol. The van der Waals surface area contributed by atoms with Crippen LogP contribution >= 0.6 is 15.9 Å². The molecule has 0 saturated carbocycles. The number of rotatable bonds is 1. The van der Waals surface area contributed by atoms with Crippen molar-refractivity contribution in [3.8, 4) is 0 Å². The van der Waals surface area contributed by atoms with Gasteiger partial charge in [0, 0.05) is 17.6 Å². The van der Waals surface area contributed by atoms with Gasteiger partial charge in [0.1, 0.15) is 0 Å². The molecule has 0 aliphatic carbocycles. The summed E-state index contributed by atoms with van der Waals surface area (Å²) in [7, 11) is 0. The van der Waals surface area contributed by atoms with Crippen molar-refractivity contribution in [2.45, 2.75) is 12.3 Å². The summed E-state index contributed by atoms with van der Waals surface area (Å²) in [5.74, 6) is 0.617. The minimum Gasteiger partial charge on any atom is -0.313 e. The van der Waals surface area contributed by atoms with Gasteiger partial charge in [-0.3, -0.25) is 0 Å². The van der Waals surface area contributed by atoms with E-state index in [1.165, 1.54) is 10.0 Å². The van der Waals surface area contributed by atoms with Crippen molar-refractivity contribution in [3.63, 3.8) is 0 Å². The SMILES string of the molecule is Brc1cccc(C2CC=CCNC2)c1. The topological polar surface area (TPSA) is 12.0 Å². The van der Waals surface area contributed by atoms with Gasteiger partial charge in [0.15, 0.2) is 0 Å². The molecular weight excluding hydrogens is 238 g/mol. The Balaban J connectivity index is 2.17. The molecule has 74 valence electrons. The first-order valence-electron chi connectivity index (χ1n) is 4.97. The third-order valence-electron chi connectivity index (χ3n) is 2.56. The van der Waals surface area contributed by atoms with Gasteiger partial charge in [-0.2, -0.15) is 0 Å². The molecule has 1 nitrogen and oxygen atoms in total. The largest absolute Gasteiger partial charge is 0.313 e. The molecule has 1 N–H and O–H groups in total. The first-order valence-corrected chi connectivity index (χ1v) is 5.77. The summed E-state index contributed by atoms with van der Waals surface area (Å²) in [4.78, 5) is 0. The van der Waals surface area contributed by atoms with Crippen molar-refractivity contribution in [2.75, 3.05) is 13.1 Å². The Labute approximate surface area is 93.3 Å². The molecule has 1 aliphatic rings. The summed E-state index contributed by atoms with van der Waals surface area (Å²) < 4.78 is 1.17. The zero-order valence-electron chi connectivity index (χ0n) is 8.04. The van der Waals surface area contributed by atoms with Crippen LogP contribution in [0.2, 0.25) is 0 Å². The van der Waals surface area contributed by atoms with Crippen molar-refractivity contribution >= 4 is 15.9 Å². The summed E-state index contributed by atoms with van der Waals surface area (Å²) >= 11 is 3.51. The first kappa shape index (κ1) is 9.94. The fourth-order valence-corrected chi connectivity index (χ4v) is 2.20. The molecular formula is C12H14BrN. The fourth-order valence-electron chi connectivity index (χ4n) is 1.78. The van der Waals surface area contributed by atoms with E-state index in [1.807, 2.05) is 0 Å². The van der Waals surface area contributed by atoms with Gasteiger partial charge in [-0.15, -0.1) is 0 Å².